The molecular formula is C11H17N3. The monoisotopic (exact) mass is 191 g/mol. The van der Waals surface area contributed by atoms with E-state index in [4.69, 9.17) is 5.73 Å². The van der Waals surface area contributed by atoms with Crippen LogP contribution in [0, 0.1) is 0 Å². The van der Waals surface area contributed by atoms with Crippen molar-refractivity contribution in [2.75, 3.05) is 18.9 Å². The molecule has 76 valence electrons. The molecule has 14 heavy (non-hydrogen) atoms. The highest BCUT2D eigenvalue weighted by molar-refractivity contribution is 5.48. The predicted octanol–water partition coefficient (Wildman–Crippen LogP) is 1.29. The maximum absolute atomic E-state index is 5.43. The first-order chi connectivity index (χ1) is 6.72. The Hall–Kier alpha value is -1.48. The zero-order valence-corrected chi connectivity index (χ0v) is 8.51. The Kier molecular flexibility index (Phi) is 4.01. The number of likely N-dealkylation sites (N-methyl/N-ethyl adjacent to an activating group) is 1. The van der Waals surface area contributed by atoms with Crippen molar-refractivity contribution in [1.29, 1.82) is 0 Å². The summed E-state index contributed by atoms with van der Waals surface area (Å²) in [6.45, 7) is 4.58. The molecule has 0 aromatic heterocycles. The van der Waals surface area contributed by atoms with Crippen molar-refractivity contribution >= 4 is 5.69 Å². The summed E-state index contributed by atoms with van der Waals surface area (Å²) in [5, 5.41) is 6.07. The minimum Gasteiger partial charge on any atom is -0.386 e. The SMILES string of the molecule is C=C(N)Nc1ccc(CCNC)cc1. The van der Waals surface area contributed by atoms with Crippen molar-refractivity contribution < 1.29 is 0 Å². The van der Waals surface area contributed by atoms with Crippen LogP contribution in [0.5, 0.6) is 0 Å². The third-order valence-corrected chi connectivity index (χ3v) is 1.92. The Labute approximate surface area is 85.0 Å². The highest BCUT2D eigenvalue weighted by Gasteiger charge is 1.93. The number of rotatable bonds is 5. The van der Waals surface area contributed by atoms with Crippen molar-refractivity contribution in [2.45, 2.75) is 6.42 Å². The number of nitrogens with one attached hydrogen (secondary N) is 2. The van der Waals surface area contributed by atoms with Crippen LogP contribution in [0.4, 0.5) is 5.69 Å². The molecule has 0 bridgehead atoms. The smallest absolute Gasteiger partial charge is 0.0930 e. The molecule has 0 saturated carbocycles. The number of anilines is 1. The van der Waals surface area contributed by atoms with Gasteiger partial charge >= 0.3 is 0 Å². The zero-order chi connectivity index (χ0) is 10.4. The summed E-state index contributed by atoms with van der Waals surface area (Å²) in [6, 6.07) is 8.18. The molecule has 0 aliphatic carbocycles. The van der Waals surface area contributed by atoms with E-state index in [0.717, 1.165) is 18.7 Å². The summed E-state index contributed by atoms with van der Waals surface area (Å²) < 4.78 is 0. The van der Waals surface area contributed by atoms with Gasteiger partial charge in [0.15, 0.2) is 0 Å². The normalized spacial score (nSPS) is 9.79. The maximum atomic E-state index is 5.43. The van der Waals surface area contributed by atoms with Crippen molar-refractivity contribution in [2.24, 2.45) is 5.73 Å². The van der Waals surface area contributed by atoms with Crippen molar-refractivity contribution in [3.05, 3.63) is 42.2 Å². The molecule has 0 fully saturated rings. The molecule has 0 saturated heterocycles. The fourth-order valence-corrected chi connectivity index (χ4v) is 1.21. The fraction of sp³-hybridized carbons (Fsp3) is 0.273. The Morgan fingerprint density at radius 3 is 2.50 bits per heavy atom. The molecule has 1 aromatic rings. The van der Waals surface area contributed by atoms with Gasteiger partial charge in [0, 0.05) is 5.69 Å². The van der Waals surface area contributed by atoms with Crippen LogP contribution in [0.3, 0.4) is 0 Å². The van der Waals surface area contributed by atoms with Crippen LogP contribution in [-0.4, -0.2) is 13.6 Å². The second kappa shape index (κ2) is 5.29. The molecular weight excluding hydrogens is 174 g/mol. The lowest BCUT2D eigenvalue weighted by Gasteiger charge is -2.06. The first-order valence-corrected chi connectivity index (χ1v) is 4.67. The van der Waals surface area contributed by atoms with Crippen LogP contribution in [-0.2, 0) is 6.42 Å². The Morgan fingerprint density at radius 2 is 2.00 bits per heavy atom. The first-order valence-electron chi connectivity index (χ1n) is 4.67. The van der Waals surface area contributed by atoms with E-state index in [1.807, 2.05) is 19.2 Å². The Morgan fingerprint density at radius 1 is 1.36 bits per heavy atom. The van der Waals surface area contributed by atoms with Gasteiger partial charge in [0.2, 0.25) is 0 Å². The molecule has 0 heterocycles. The van der Waals surface area contributed by atoms with Gasteiger partial charge in [-0.2, -0.15) is 0 Å². The molecule has 0 unspecified atom stereocenters. The van der Waals surface area contributed by atoms with E-state index in [2.05, 4.69) is 29.3 Å². The lowest BCUT2D eigenvalue weighted by molar-refractivity contribution is 0.792. The van der Waals surface area contributed by atoms with Gasteiger partial charge < -0.3 is 16.4 Å². The summed E-state index contributed by atoms with van der Waals surface area (Å²) in [7, 11) is 1.95. The van der Waals surface area contributed by atoms with E-state index < -0.39 is 0 Å². The van der Waals surface area contributed by atoms with Gasteiger partial charge in [0.25, 0.3) is 0 Å². The minimum absolute atomic E-state index is 0.466. The largest absolute Gasteiger partial charge is 0.386 e. The highest BCUT2D eigenvalue weighted by atomic mass is 15.0. The van der Waals surface area contributed by atoms with E-state index in [0.29, 0.717) is 5.82 Å². The third-order valence-electron chi connectivity index (χ3n) is 1.92. The molecule has 0 amide bonds. The minimum atomic E-state index is 0.466. The van der Waals surface area contributed by atoms with Crippen molar-refractivity contribution in [1.82, 2.24) is 5.32 Å². The molecule has 1 aromatic carbocycles. The Bertz CT molecular complexity index is 290. The molecule has 1 rings (SSSR count). The molecule has 4 N–H and O–H groups in total. The molecule has 0 radical (unpaired) electrons. The van der Waals surface area contributed by atoms with Crippen LogP contribution < -0.4 is 16.4 Å². The average molecular weight is 191 g/mol. The van der Waals surface area contributed by atoms with Gasteiger partial charge in [-0.3, -0.25) is 0 Å². The standard InChI is InChI=1S/C11H17N3/c1-9(12)14-11-5-3-10(4-6-11)7-8-13-2/h3-6,13-14H,1,7-8,12H2,2H3. The van der Waals surface area contributed by atoms with Crippen molar-refractivity contribution in [3.8, 4) is 0 Å². The summed E-state index contributed by atoms with van der Waals surface area (Å²) in [4.78, 5) is 0. The maximum Gasteiger partial charge on any atom is 0.0930 e. The van der Waals surface area contributed by atoms with Gasteiger partial charge in [-0.05, 0) is 37.7 Å². The van der Waals surface area contributed by atoms with Crippen LogP contribution in [0.1, 0.15) is 5.56 Å². The quantitative estimate of drug-likeness (QED) is 0.657. The molecule has 0 spiro atoms. The second-order valence-corrected chi connectivity index (χ2v) is 3.20. The first kappa shape index (κ1) is 10.6. The molecule has 0 atom stereocenters. The molecule has 3 heteroatoms. The van der Waals surface area contributed by atoms with Crippen LogP contribution in [0.25, 0.3) is 0 Å². The van der Waals surface area contributed by atoms with Gasteiger partial charge in [-0.15, -0.1) is 0 Å². The number of benzene rings is 1. The van der Waals surface area contributed by atoms with Crippen molar-refractivity contribution in [3.63, 3.8) is 0 Å². The number of nitrogens with two attached hydrogens (primary N) is 1. The predicted molar refractivity (Wildman–Crippen MR) is 61.0 cm³/mol. The molecule has 0 aliphatic heterocycles. The van der Waals surface area contributed by atoms with Crippen LogP contribution in [0.2, 0.25) is 0 Å². The number of hydrogen-bond donors (Lipinski definition) is 3. The van der Waals surface area contributed by atoms with E-state index in [1.165, 1.54) is 5.56 Å². The third kappa shape index (κ3) is 3.49. The average Bonchev–Trinajstić information content (AvgIpc) is 2.16. The summed E-state index contributed by atoms with van der Waals surface area (Å²) in [6.07, 6.45) is 1.04. The van der Waals surface area contributed by atoms with Gasteiger partial charge in [-0.1, -0.05) is 18.7 Å². The lowest BCUT2D eigenvalue weighted by Crippen LogP contribution is -2.10. The van der Waals surface area contributed by atoms with E-state index in [-0.39, 0.29) is 0 Å². The van der Waals surface area contributed by atoms with Crippen LogP contribution >= 0.6 is 0 Å². The Balaban J connectivity index is 2.54. The molecule has 0 aliphatic rings. The zero-order valence-electron chi connectivity index (χ0n) is 8.51. The summed E-state index contributed by atoms with van der Waals surface area (Å²) >= 11 is 0. The van der Waals surface area contributed by atoms with E-state index in [9.17, 15) is 0 Å². The molecule has 3 nitrogen and oxygen atoms in total. The van der Waals surface area contributed by atoms with E-state index in [1.54, 1.807) is 0 Å². The fourth-order valence-electron chi connectivity index (χ4n) is 1.21. The topological polar surface area (TPSA) is 50.1 Å². The van der Waals surface area contributed by atoms with Crippen LogP contribution in [0.15, 0.2) is 36.7 Å². The van der Waals surface area contributed by atoms with Gasteiger partial charge in [0.1, 0.15) is 0 Å². The van der Waals surface area contributed by atoms with E-state index >= 15 is 0 Å². The van der Waals surface area contributed by atoms with Gasteiger partial charge in [0.05, 0.1) is 5.82 Å². The number of hydrogen-bond acceptors (Lipinski definition) is 3. The summed E-state index contributed by atoms with van der Waals surface area (Å²) in [5.41, 5.74) is 7.72. The lowest BCUT2D eigenvalue weighted by atomic mass is 10.1. The second-order valence-electron chi connectivity index (χ2n) is 3.20. The van der Waals surface area contributed by atoms with Gasteiger partial charge in [-0.25, -0.2) is 0 Å². The summed E-state index contributed by atoms with van der Waals surface area (Å²) in [5.74, 6) is 0.466. The highest BCUT2D eigenvalue weighted by Crippen LogP contribution is 2.10.